The van der Waals surface area contributed by atoms with Crippen LogP contribution in [0.3, 0.4) is 0 Å². The van der Waals surface area contributed by atoms with Gasteiger partial charge in [-0.25, -0.2) is 9.44 Å². The highest BCUT2D eigenvalue weighted by Crippen LogP contribution is 2.30. The summed E-state index contributed by atoms with van der Waals surface area (Å²) in [6.07, 6.45) is 3.37. The van der Waals surface area contributed by atoms with Crippen LogP contribution in [-0.2, 0) is 10.2 Å². The van der Waals surface area contributed by atoms with E-state index in [9.17, 15) is 8.42 Å². The molecule has 0 spiro atoms. The zero-order chi connectivity index (χ0) is 12.9. The van der Waals surface area contributed by atoms with Crippen LogP contribution in [0.4, 0.5) is 0 Å². The van der Waals surface area contributed by atoms with Crippen molar-refractivity contribution in [3.8, 4) is 0 Å². The van der Waals surface area contributed by atoms with Gasteiger partial charge in [0.25, 0.3) is 10.2 Å². The van der Waals surface area contributed by atoms with Gasteiger partial charge in [-0.2, -0.15) is 8.42 Å². The Morgan fingerprint density at radius 2 is 1.88 bits per heavy atom. The predicted octanol–water partition coefficient (Wildman–Crippen LogP) is 0.441. The smallest absolute Gasteiger partial charge is 0.276 e. The molecule has 0 amide bonds. The lowest BCUT2D eigenvalue weighted by Gasteiger charge is -2.18. The molecule has 0 aromatic rings. The molecule has 5 nitrogen and oxygen atoms in total. The van der Waals surface area contributed by atoms with Crippen LogP contribution < -0.4 is 15.2 Å². The van der Waals surface area contributed by atoms with E-state index in [2.05, 4.69) is 9.44 Å². The van der Waals surface area contributed by atoms with Crippen molar-refractivity contribution >= 4 is 10.2 Å². The van der Waals surface area contributed by atoms with Crippen molar-refractivity contribution < 1.29 is 8.42 Å². The van der Waals surface area contributed by atoms with Crippen molar-refractivity contribution in [1.82, 2.24) is 9.44 Å². The zero-order valence-electron chi connectivity index (χ0n) is 10.8. The number of nitrogens with two attached hydrogens (primary N) is 1. The molecule has 0 radical (unpaired) electrons. The molecule has 1 rings (SSSR count). The molecule has 0 aromatic carbocycles. The summed E-state index contributed by atoms with van der Waals surface area (Å²) < 4.78 is 28.4. The molecule has 17 heavy (non-hydrogen) atoms. The average molecular weight is 263 g/mol. The van der Waals surface area contributed by atoms with Crippen molar-refractivity contribution in [1.29, 1.82) is 0 Å². The third kappa shape index (κ3) is 5.33. The summed E-state index contributed by atoms with van der Waals surface area (Å²) in [5.74, 6) is 1.19. The second-order valence-electron chi connectivity index (χ2n) is 5.28. The lowest BCUT2D eigenvalue weighted by Crippen LogP contribution is -2.41. The summed E-state index contributed by atoms with van der Waals surface area (Å²) in [4.78, 5) is 0. The lowest BCUT2D eigenvalue weighted by atomic mass is 9.97. The van der Waals surface area contributed by atoms with Crippen LogP contribution in [-0.4, -0.2) is 28.1 Å². The van der Waals surface area contributed by atoms with Crippen LogP contribution in [0, 0.1) is 17.8 Å². The fourth-order valence-electron chi connectivity index (χ4n) is 2.24. The normalized spacial score (nSPS) is 25.6. The Kier molecular flexibility index (Phi) is 5.85. The van der Waals surface area contributed by atoms with E-state index in [4.69, 9.17) is 5.73 Å². The maximum Gasteiger partial charge on any atom is 0.276 e. The topological polar surface area (TPSA) is 84.2 Å². The highest BCUT2D eigenvalue weighted by molar-refractivity contribution is 7.87. The SMILES string of the molecule is CC(C)CNS(=O)(=O)NCC1CCCC1CN. The molecule has 1 fully saturated rings. The van der Waals surface area contributed by atoms with Crippen molar-refractivity contribution in [2.24, 2.45) is 23.5 Å². The Morgan fingerprint density at radius 1 is 1.24 bits per heavy atom. The first-order valence-electron chi connectivity index (χ1n) is 6.39. The molecule has 0 aliphatic heterocycles. The largest absolute Gasteiger partial charge is 0.330 e. The van der Waals surface area contributed by atoms with Crippen molar-refractivity contribution in [2.45, 2.75) is 33.1 Å². The molecule has 0 aromatic heterocycles. The lowest BCUT2D eigenvalue weighted by molar-refractivity contribution is 0.392. The Labute approximate surface area is 105 Å². The molecule has 2 unspecified atom stereocenters. The summed E-state index contributed by atoms with van der Waals surface area (Å²) in [7, 11) is -3.34. The Morgan fingerprint density at radius 3 is 2.47 bits per heavy atom. The fraction of sp³-hybridized carbons (Fsp3) is 1.00. The first-order chi connectivity index (χ1) is 7.94. The minimum atomic E-state index is -3.34. The van der Waals surface area contributed by atoms with Crippen molar-refractivity contribution in [3.63, 3.8) is 0 Å². The van der Waals surface area contributed by atoms with Gasteiger partial charge in [0.05, 0.1) is 0 Å². The van der Waals surface area contributed by atoms with E-state index in [1.807, 2.05) is 13.8 Å². The molecule has 1 saturated carbocycles. The summed E-state index contributed by atoms with van der Waals surface area (Å²) in [5.41, 5.74) is 5.67. The van der Waals surface area contributed by atoms with E-state index in [-0.39, 0.29) is 0 Å². The predicted molar refractivity (Wildman–Crippen MR) is 69.6 cm³/mol. The summed E-state index contributed by atoms with van der Waals surface area (Å²) in [5, 5.41) is 0. The highest BCUT2D eigenvalue weighted by Gasteiger charge is 2.26. The molecular weight excluding hydrogens is 238 g/mol. The quantitative estimate of drug-likeness (QED) is 0.623. The van der Waals surface area contributed by atoms with Gasteiger partial charge in [-0.15, -0.1) is 0 Å². The third-order valence-electron chi connectivity index (χ3n) is 3.34. The van der Waals surface area contributed by atoms with Gasteiger partial charge in [0.15, 0.2) is 0 Å². The molecular formula is C11H25N3O2S. The monoisotopic (exact) mass is 263 g/mol. The van der Waals surface area contributed by atoms with Gasteiger partial charge in [0, 0.05) is 13.1 Å². The summed E-state index contributed by atoms with van der Waals surface area (Å²) in [6.45, 7) is 5.59. The molecule has 2 atom stereocenters. The van der Waals surface area contributed by atoms with Gasteiger partial charge in [0.1, 0.15) is 0 Å². The first kappa shape index (κ1) is 14.9. The number of hydrogen-bond acceptors (Lipinski definition) is 3. The minimum Gasteiger partial charge on any atom is -0.330 e. The standard InChI is InChI=1S/C11H25N3O2S/c1-9(2)7-13-17(15,16)14-8-11-5-3-4-10(11)6-12/h9-11,13-14H,3-8,12H2,1-2H3. The molecule has 1 aliphatic carbocycles. The van der Waals surface area contributed by atoms with Gasteiger partial charge in [-0.05, 0) is 37.1 Å². The van der Waals surface area contributed by atoms with Crippen LogP contribution in [0.5, 0.6) is 0 Å². The second-order valence-corrected chi connectivity index (χ2v) is 6.87. The van der Waals surface area contributed by atoms with Gasteiger partial charge < -0.3 is 5.73 Å². The number of rotatable bonds is 7. The van der Waals surface area contributed by atoms with E-state index in [1.54, 1.807) is 0 Å². The van der Waals surface area contributed by atoms with E-state index >= 15 is 0 Å². The van der Waals surface area contributed by atoms with Crippen LogP contribution in [0.2, 0.25) is 0 Å². The van der Waals surface area contributed by atoms with Crippen LogP contribution in [0.25, 0.3) is 0 Å². The van der Waals surface area contributed by atoms with Crippen LogP contribution in [0.1, 0.15) is 33.1 Å². The van der Waals surface area contributed by atoms with Gasteiger partial charge >= 0.3 is 0 Å². The van der Waals surface area contributed by atoms with Gasteiger partial charge in [-0.1, -0.05) is 20.3 Å². The van der Waals surface area contributed by atoms with E-state index in [1.165, 1.54) is 0 Å². The molecule has 1 aliphatic rings. The average Bonchev–Trinajstić information content (AvgIpc) is 2.71. The Hall–Kier alpha value is -0.170. The Balaban J connectivity index is 2.33. The van der Waals surface area contributed by atoms with Crippen molar-refractivity contribution in [3.05, 3.63) is 0 Å². The summed E-state index contributed by atoms with van der Waals surface area (Å²) >= 11 is 0. The Bertz CT molecular complexity index is 317. The third-order valence-corrected chi connectivity index (χ3v) is 4.43. The van der Waals surface area contributed by atoms with Gasteiger partial charge in [-0.3, -0.25) is 0 Å². The molecule has 4 N–H and O–H groups in total. The van der Waals surface area contributed by atoms with E-state index < -0.39 is 10.2 Å². The minimum absolute atomic E-state index is 0.315. The molecule has 0 heterocycles. The zero-order valence-corrected chi connectivity index (χ0v) is 11.6. The van der Waals surface area contributed by atoms with Crippen LogP contribution >= 0.6 is 0 Å². The van der Waals surface area contributed by atoms with Crippen molar-refractivity contribution in [2.75, 3.05) is 19.6 Å². The van der Waals surface area contributed by atoms with E-state index in [0.29, 0.717) is 37.4 Å². The van der Waals surface area contributed by atoms with Crippen LogP contribution in [0.15, 0.2) is 0 Å². The van der Waals surface area contributed by atoms with E-state index in [0.717, 1.165) is 19.3 Å². The molecule has 102 valence electrons. The number of nitrogens with one attached hydrogen (secondary N) is 2. The summed E-state index contributed by atoms with van der Waals surface area (Å²) in [6, 6.07) is 0. The molecule has 6 heteroatoms. The maximum atomic E-state index is 11.6. The number of hydrogen-bond donors (Lipinski definition) is 3. The molecule has 0 saturated heterocycles. The second kappa shape index (κ2) is 6.68. The fourth-order valence-corrected chi connectivity index (χ4v) is 3.33. The first-order valence-corrected chi connectivity index (χ1v) is 7.87. The molecule has 0 bridgehead atoms. The highest BCUT2D eigenvalue weighted by atomic mass is 32.2. The van der Waals surface area contributed by atoms with Gasteiger partial charge in [0.2, 0.25) is 0 Å². The maximum absolute atomic E-state index is 11.6.